The standard InChI is InChI=1S/C8H13O2.CH3.Zn/c1-5-6-10-7(9)8(2,3)4;;/h1,5H,6H2,2-4H3;1H3;/q2*-1;+2. The van der Waals surface area contributed by atoms with Crippen LogP contribution in [0.5, 0.6) is 0 Å². The minimum absolute atomic E-state index is 0. The molecule has 0 aliphatic carbocycles. The van der Waals surface area contributed by atoms with Gasteiger partial charge in [0.15, 0.2) is 0 Å². The van der Waals surface area contributed by atoms with Gasteiger partial charge in [-0.15, -0.1) is 0 Å². The summed E-state index contributed by atoms with van der Waals surface area (Å²) in [7, 11) is 0. The molecule has 0 aromatic carbocycles. The molecule has 0 unspecified atom stereocenters. The topological polar surface area (TPSA) is 26.3 Å². The molecule has 0 saturated carbocycles. The fraction of sp³-hybridized carbons (Fsp3) is 0.556. The fourth-order valence-corrected chi connectivity index (χ4v) is 0.340. The second kappa shape index (κ2) is 7.48. The van der Waals surface area contributed by atoms with Crippen LogP contribution in [-0.2, 0) is 29.0 Å². The van der Waals surface area contributed by atoms with Crippen molar-refractivity contribution in [3.8, 4) is 0 Å². The molecule has 0 aliphatic rings. The van der Waals surface area contributed by atoms with Crippen molar-refractivity contribution in [2.24, 2.45) is 5.41 Å². The maximum Gasteiger partial charge on any atom is 2.00 e. The van der Waals surface area contributed by atoms with E-state index in [2.05, 4.69) is 0 Å². The first-order valence-corrected chi connectivity index (χ1v) is 3.19. The van der Waals surface area contributed by atoms with E-state index in [-0.39, 0.29) is 39.5 Å². The average Bonchev–Trinajstić information content (AvgIpc) is 1.80. The summed E-state index contributed by atoms with van der Waals surface area (Å²) < 4.78 is 4.74. The van der Waals surface area contributed by atoms with Crippen LogP contribution in [0, 0.1) is 19.4 Å². The normalized spacial score (nSPS) is 8.92. The van der Waals surface area contributed by atoms with Gasteiger partial charge < -0.3 is 18.7 Å². The number of carbonyl (C=O) groups excluding carboxylic acids is 1. The Morgan fingerprint density at radius 1 is 1.50 bits per heavy atom. The van der Waals surface area contributed by atoms with E-state index in [9.17, 15) is 4.79 Å². The maximum atomic E-state index is 10.9. The summed E-state index contributed by atoms with van der Waals surface area (Å²) in [6, 6.07) is 0. The first kappa shape index (κ1) is 17.8. The Morgan fingerprint density at radius 3 is 2.17 bits per heavy atom. The van der Waals surface area contributed by atoms with Crippen LogP contribution in [0.3, 0.4) is 0 Å². The third kappa shape index (κ3) is 7.94. The predicted molar refractivity (Wildman–Crippen MR) is 45.7 cm³/mol. The van der Waals surface area contributed by atoms with Crippen LogP contribution in [0.4, 0.5) is 0 Å². The molecule has 2 nitrogen and oxygen atoms in total. The van der Waals surface area contributed by atoms with Gasteiger partial charge in [0, 0.05) is 0 Å². The molecular formula is C9H16O2Zn. The van der Waals surface area contributed by atoms with E-state index < -0.39 is 5.41 Å². The quantitative estimate of drug-likeness (QED) is 0.405. The van der Waals surface area contributed by atoms with Gasteiger partial charge in [0.25, 0.3) is 0 Å². The smallest absolute Gasteiger partial charge is 0.515 e. The van der Waals surface area contributed by atoms with Gasteiger partial charge in [-0.1, -0.05) is 0 Å². The van der Waals surface area contributed by atoms with Crippen molar-refractivity contribution in [1.29, 1.82) is 0 Å². The summed E-state index contributed by atoms with van der Waals surface area (Å²) in [6.07, 6.45) is 1.31. The van der Waals surface area contributed by atoms with Crippen LogP contribution in [-0.4, -0.2) is 12.6 Å². The Hall–Kier alpha value is -0.167. The largest absolute Gasteiger partial charge is 2.00 e. The van der Waals surface area contributed by atoms with E-state index in [0.29, 0.717) is 0 Å². The summed E-state index contributed by atoms with van der Waals surface area (Å²) in [4.78, 5) is 10.9. The molecule has 0 spiro atoms. The van der Waals surface area contributed by atoms with Gasteiger partial charge in [0.1, 0.15) is 0 Å². The zero-order valence-electron chi connectivity index (χ0n) is 8.39. The molecule has 0 aliphatic heterocycles. The number of rotatable bonds is 2. The monoisotopic (exact) mass is 220 g/mol. The van der Waals surface area contributed by atoms with Crippen LogP contribution in [0.2, 0.25) is 0 Å². The van der Waals surface area contributed by atoms with Gasteiger partial charge in [-0.3, -0.25) is 4.79 Å². The summed E-state index contributed by atoms with van der Waals surface area (Å²) in [5, 5.41) is 0. The van der Waals surface area contributed by atoms with Gasteiger partial charge in [0.05, 0.1) is 12.0 Å². The molecule has 0 aromatic rings. The van der Waals surface area contributed by atoms with E-state index in [1.807, 2.05) is 0 Å². The number of esters is 1. The molecule has 0 bridgehead atoms. The molecule has 0 atom stereocenters. The van der Waals surface area contributed by atoms with Crippen LogP contribution in [0.1, 0.15) is 20.8 Å². The van der Waals surface area contributed by atoms with E-state index in [0.717, 1.165) is 0 Å². The fourth-order valence-electron chi connectivity index (χ4n) is 0.340. The van der Waals surface area contributed by atoms with E-state index >= 15 is 0 Å². The van der Waals surface area contributed by atoms with Crippen molar-refractivity contribution in [3.63, 3.8) is 0 Å². The Bertz CT molecular complexity index is 136. The Labute approximate surface area is 88.1 Å². The van der Waals surface area contributed by atoms with Gasteiger partial charge in [0.2, 0.25) is 0 Å². The van der Waals surface area contributed by atoms with Crippen molar-refractivity contribution in [2.45, 2.75) is 20.8 Å². The van der Waals surface area contributed by atoms with E-state index in [4.69, 9.17) is 11.3 Å². The summed E-state index contributed by atoms with van der Waals surface area (Å²) in [5.41, 5.74) is -0.428. The molecule has 0 rings (SSSR count). The minimum atomic E-state index is -0.428. The SMILES string of the molecule is [CH-]=CCOC(=O)C(C)(C)C.[CH3-].[Zn+2]. The second-order valence-corrected chi connectivity index (χ2v) is 3.08. The van der Waals surface area contributed by atoms with Crippen molar-refractivity contribution in [3.05, 3.63) is 20.1 Å². The van der Waals surface area contributed by atoms with Crippen molar-refractivity contribution < 1.29 is 29.0 Å². The number of carbonyl (C=O) groups is 1. The third-order valence-electron chi connectivity index (χ3n) is 0.923. The van der Waals surface area contributed by atoms with E-state index in [1.54, 1.807) is 20.8 Å². The molecule has 0 amide bonds. The molecule has 12 heavy (non-hydrogen) atoms. The van der Waals surface area contributed by atoms with Gasteiger partial charge >= 0.3 is 25.4 Å². The molecule has 66 valence electrons. The Morgan fingerprint density at radius 2 is 1.92 bits per heavy atom. The summed E-state index contributed by atoms with van der Waals surface area (Å²) in [5.74, 6) is -0.228. The molecule has 0 aromatic heterocycles. The molecular weight excluding hydrogens is 205 g/mol. The van der Waals surface area contributed by atoms with Crippen LogP contribution in [0.25, 0.3) is 0 Å². The van der Waals surface area contributed by atoms with Gasteiger partial charge in [-0.25, -0.2) is 6.08 Å². The summed E-state index contributed by atoms with van der Waals surface area (Å²) in [6.45, 7) is 10.6. The van der Waals surface area contributed by atoms with Crippen LogP contribution >= 0.6 is 0 Å². The zero-order valence-corrected chi connectivity index (χ0v) is 11.4. The van der Waals surface area contributed by atoms with Crippen LogP contribution in [0.15, 0.2) is 6.08 Å². The predicted octanol–water partition coefficient (Wildman–Crippen LogP) is 2.01. The third-order valence-corrected chi connectivity index (χ3v) is 0.923. The minimum Gasteiger partial charge on any atom is -0.515 e. The van der Waals surface area contributed by atoms with Gasteiger partial charge in [-0.05, 0) is 20.8 Å². The summed E-state index contributed by atoms with van der Waals surface area (Å²) >= 11 is 0. The maximum absolute atomic E-state index is 10.9. The van der Waals surface area contributed by atoms with E-state index in [1.165, 1.54) is 6.08 Å². The average molecular weight is 222 g/mol. The Balaban J connectivity index is -0.000000405. The number of ether oxygens (including phenoxy) is 1. The molecule has 3 heteroatoms. The molecule has 0 radical (unpaired) electrons. The number of hydrogen-bond donors (Lipinski definition) is 0. The molecule has 0 heterocycles. The molecule has 0 fully saturated rings. The van der Waals surface area contributed by atoms with Crippen LogP contribution < -0.4 is 0 Å². The first-order chi connectivity index (χ1) is 4.48. The van der Waals surface area contributed by atoms with Crippen molar-refractivity contribution in [2.75, 3.05) is 6.61 Å². The molecule has 0 N–H and O–H groups in total. The molecule has 0 saturated heterocycles. The zero-order chi connectivity index (χ0) is 8.20. The second-order valence-electron chi connectivity index (χ2n) is 3.08. The van der Waals surface area contributed by atoms with Crippen molar-refractivity contribution >= 4 is 5.97 Å². The van der Waals surface area contributed by atoms with Gasteiger partial charge in [-0.2, -0.15) is 0 Å². The van der Waals surface area contributed by atoms with Crippen molar-refractivity contribution in [1.82, 2.24) is 0 Å². The Kier molecular flexibility index (Phi) is 11.1. The first-order valence-electron chi connectivity index (χ1n) is 3.19. The number of hydrogen-bond acceptors (Lipinski definition) is 2.